The predicted octanol–water partition coefficient (Wildman–Crippen LogP) is 32.2. The number of fused-ring (bicyclic) bond motifs is 33. The Hall–Kier alpha value is -17.2. The number of para-hydroxylation sites is 4. The Labute approximate surface area is 776 Å². The third kappa shape index (κ3) is 13.0. The molecule has 6 aliphatic carbocycles. The van der Waals surface area contributed by atoms with Gasteiger partial charge in [0.1, 0.15) is 0 Å². The predicted molar refractivity (Wildman–Crippen MR) is 555 cm³/mol. The van der Waals surface area contributed by atoms with Crippen LogP contribution in [0.1, 0.15) is 121 Å². The highest BCUT2D eigenvalue weighted by Gasteiger charge is 2.55. The van der Waals surface area contributed by atoms with Crippen LogP contribution >= 0.6 is 0 Å². The SMILES string of the molecule is C=Cc1ccc(C(=O)c2ccccc2)cc1.C=Cc1ccc(N(c2ccccc2)c2ccccc2)cc1.C=Cc1ccc2c(c1)C1(c3ccccc3-c3ccccc31)c1cc(C(=O)c3ccc4c(c3)C3(c5ccccc5-c5ccccc53)c3ccccc3-4)ccc1-2.C=Cc1ccc2c(c1)C1(c3ccccc3-c3ccccc31)c1ccccc1-2.C=Cn1c2ccccc2c2ccccc21. The van der Waals surface area contributed by atoms with E-state index in [2.05, 4.69) is 418 Å². The fourth-order valence-electron chi connectivity index (χ4n) is 22.1. The highest BCUT2D eigenvalue weighted by atomic mass is 16.1. The van der Waals surface area contributed by atoms with Crippen molar-refractivity contribution in [3.05, 3.63) is 599 Å². The maximum Gasteiger partial charge on any atom is 0.193 e. The minimum atomic E-state index is -0.548. The van der Waals surface area contributed by atoms with Gasteiger partial charge in [0.25, 0.3) is 0 Å². The van der Waals surface area contributed by atoms with Crippen molar-refractivity contribution in [3.8, 4) is 66.8 Å². The van der Waals surface area contributed by atoms with Crippen molar-refractivity contribution in [3.63, 3.8) is 0 Å². The molecule has 1 heterocycles. The standard InChI is InChI=1S/C53H32O.C27H18.C20H17N.C15H12O.C14H11N/c1-2-32-23-26-40-42-28-25-34(31-50(42)53(48(40)29-32)46-21-11-5-15-37(46)38-16-6-12-22-47(38)53)51(54)33-24-27-41-39-17-7-10-20-45(39)52(49(41)30-33)43-18-8-3-13-35(43)36-14-4-9-19-44(36)52;1-2-18-15-16-22-21-11-5-8-14-25(21)27(26(22)17-18)23-12-6-3-9-19(23)20-10-4-7-13-24(20)27;1-2-17-13-15-20(16-14-17)21(18-9-5-3-6-10-18)19-11-7-4-8-12-19;1-2-12-8-10-14(11-9-12)15(16)13-6-4-3-5-7-13;1-2-15-13-9-5-3-7-11(13)12-8-4-6-10-14(12)15/h2-31H,1H2;2-17H,1H2;2-16H,1H2;2-11H,1H2;2-10H,1H2. The van der Waals surface area contributed by atoms with Crippen LogP contribution in [-0.4, -0.2) is 16.1 Å². The molecular weight excluding hydrogens is 1610 g/mol. The molecule has 0 saturated carbocycles. The summed E-state index contributed by atoms with van der Waals surface area (Å²) in [5.41, 5.74) is 42.4. The molecule has 20 aromatic rings. The average Bonchev–Trinajstić information content (AvgIpc) is 1.44. The van der Waals surface area contributed by atoms with Crippen LogP contribution in [0.25, 0.3) is 119 Å². The Morgan fingerprint density at radius 3 is 0.752 bits per heavy atom. The van der Waals surface area contributed by atoms with Crippen molar-refractivity contribution >= 4 is 80.9 Å². The molecule has 0 aliphatic heterocycles. The first-order valence-electron chi connectivity index (χ1n) is 45.3. The fraction of sp³-hybridized carbons (Fsp3) is 0.0233. The molecule has 0 N–H and O–H groups in total. The Morgan fingerprint density at radius 1 is 0.203 bits per heavy atom. The zero-order valence-electron chi connectivity index (χ0n) is 73.4. The molecule has 26 rings (SSSR count). The summed E-state index contributed by atoms with van der Waals surface area (Å²) in [6, 6.07) is 160. The van der Waals surface area contributed by atoms with Crippen molar-refractivity contribution in [2.45, 2.75) is 16.2 Å². The van der Waals surface area contributed by atoms with Gasteiger partial charge in [-0.2, -0.15) is 0 Å². The van der Waals surface area contributed by atoms with Gasteiger partial charge in [0, 0.05) is 56.3 Å². The van der Waals surface area contributed by atoms with E-state index >= 15 is 4.79 Å². The molecule has 1 aromatic heterocycles. The Morgan fingerprint density at radius 2 is 0.429 bits per heavy atom. The molecular formula is C129H90N2O2. The number of ketones is 2. The van der Waals surface area contributed by atoms with E-state index in [1.165, 1.54) is 155 Å². The molecule has 133 heavy (non-hydrogen) atoms. The quantitative estimate of drug-likeness (QED) is 0.115. The summed E-state index contributed by atoms with van der Waals surface area (Å²) >= 11 is 0. The molecule has 0 saturated heterocycles. The van der Waals surface area contributed by atoms with Gasteiger partial charge in [0.05, 0.1) is 27.3 Å². The topological polar surface area (TPSA) is 42.3 Å². The molecule has 4 nitrogen and oxygen atoms in total. The molecule has 4 heteroatoms. The number of nitrogens with zero attached hydrogens (tertiary/aromatic N) is 2. The number of rotatable bonds is 12. The van der Waals surface area contributed by atoms with E-state index in [9.17, 15) is 4.79 Å². The first-order valence-corrected chi connectivity index (χ1v) is 45.3. The molecule has 0 atom stereocenters. The minimum absolute atomic E-state index is 0.0312. The summed E-state index contributed by atoms with van der Waals surface area (Å²) in [6.45, 7) is 19.5. The van der Waals surface area contributed by atoms with Crippen LogP contribution in [0.4, 0.5) is 17.1 Å². The Balaban J connectivity index is 0.000000108. The molecule has 0 amide bonds. The summed E-state index contributed by atoms with van der Waals surface area (Å²) in [7, 11) is 0. The van der Waals surface area contributed by atoms with Gasteiger partial charge >= 0.3 is 0 Å². The van der Waals surface area contributed by atoms with Crippen LogP contribution in [0.2, 0.25) is 0 Å². The largest absolute Gasteiger partial charge is 0.317 e. The van der Waals surface area contributed by atoms with E-state index in [4.69, 9.17) is 0 Å². The second-order valence-electron chi connectivity index (χ2n) is 34.4. The molecule has 628 valence electrons. The van der Waals surface area contributed by atoms with Gasteiger partial charge in [-0.15, -0.1) is 0 Å². The number of hydrogen-bond donors (Lipinski definition) is 0. The molecule has 3 spiro atoms. The molecule has 19 aromatic carbocycles. The van der Waals surface area contributed by atoms with E-state index in [0.717, 1.165) is 39.3 Å². The first-order chi connectivity index (χ1) is 65.6. The van der Waals surface area contributed by atoms with Gasteiger partial charge < -0.3 is 9.47 Å². The number of aromatic nitrogens is 1. The monoisotopic (exact) mass is 1700 g/mol. The summed E-state index contributed by atoms with van der Waals surface area (Å²) in [6.07, 6.45) is 9.36. The maximum atomic E-state index is 15.1. The molecule has 0 unspecified atom stereocenters. The van der Waals surface area contributed by atoms with Crippen molar-refractivity contribution in [1.29, 1.82) is 0 Å². The summed E-state index contributed by atoms with van der Waals surface area (Å²) in [5.74, 6) is 0.0833. The first kappa shape index (κ1) is 81.6. The number of carbonyl (C=O) groups excluding carboxylic acids is 2. The number of carbonyl (C=O) groups is 2. The lowest BCUT2D eigenvalue weighted by atomic mass is 9.69. The second-order valence-corrected chi connectivity index (χ2v) is 34.4. The molecule has 0 bridgehead atoms. The van der Waals surface area contributed by atoms with Gasteiger partial charge in [0.2, 0.25) is 0 Å². The minimum Gasteiger partial charge on any atom is -0.317 e. The summed E-state index contributed by atoms with van der Waals surface area (Å²) in [5, 5.41) is 2.57. The van der Waals surface area contributed by atoms with Crippen LogP contribution in [0.15, 0.2) is 488 Å². The molecule has 0 radical (unpaired) electrons. The van der Waals surface area contributed by atoms with Crippen LogP contribution < -0.4 is 4.90 Å². The van der Waals surface area contributed by atoms with Crippen LogP contribution in [-0.2, 0) is 16.2 Å². The number of benzene rings is 19. The summed E-state index contributed by atoms with van der Waals surface area (Å²) < 4.78 is 2.13. The van der Waals surface area contributed by atoms with Gasteiger partial charge in [-0.25, -0.2) is 0 Å². The van der Waals surface area contributed by atoms with Crippen LogP contribution in [0.3, 0.4) is 0 Å². The lowest BCUT2D eigenvalue weighted by Gasteiger charge is -2.31. The summed E-state index contributed by atoms with van der Waals surface area (Å²) in [4.78, 5) is 29.3. The second kappa shape index (κ2) is 33.8. The van der Waals surface area contributed by atoms with Gasteiger partial charge in [-0.3, -0.25) is 9.59 Å². The lowest BCUT2D eigenvalue weighted by Crippen LogP contribution is -2.26. The van der Waals surface area contributed by atoms with E-state index in [-0.39, 0.29) is 17.0 Å². The van der Waals surface area contributed by atoms with E-state index in [1.54, 1.807) is 6.08 Å². The normalized spacial score (nSPS) is 12.9. The Bertz CT molecular complexity index is 7820. The lowest BCUT2D eigenvalue weighted by molar-refractivity contribution is 0.103. The van der Waals surface area contributed by atoms with E-state index in [1.807, 2.05) is 103 Å². The van der Waals surface area contributed by atoms with E-state index < -0.39 is 10.8 Å². The number of hydrogen-bond acceptors (Lipinski definition) is 3. The van der Waals surface area contributed by atoms with Gasteiger partial charge in [-0.1, -0.05) is 439 Å². The zero-order valence-corrected chi connectivity index (χ0v) is 73.4. The third-order valence-electron chi connectivity index (χ3n) is 27.8. The van der Waals surface area contributed by atoms with Crippen LogP contribution in [0.5, 0.6) is 0 Å². The third-order valence-corrected chi connectivity index (χ3v) is 27.8. The highest BCUT2D eigenvalue weighted by molar-refractivity contribution is 6.13. The smallest absolute Gasteiger partial charge is 0.193 e. The molecule has 6 aliphatic rings. The van der Waals surface area contributed by atoms with Gasteiger partial charge in [0.15, 0.2) is 11.6 Å². The van der Waals surface area contributed by atoms with Crippen molar-refractivity contribution in [2.24, 2.45) is 0 Å². The highest BCUT2D eigenvalue weighted by Crippen LogP contribution is 2.67. The van der Waals surface area contributed by atoms with E-state index in [0.29, 0.717) is 22.3 Å². The zero-order chi connectivity index (χ0) is 89.9. The molecule has 0 fully saturated rings. The maximum absolute atomic E-state index is 15.1. The fourth-order valence-corrected chi connectivity index (χ4v) is 22.1. The number of anilines is 3. The van der Waals surface area contributed by atoms with Crippen LogP contribution in [0, 0.1) is 0 Å². The Kier molecular flexibility index (Phi) is 20.7. The van der Waals surface area contributed by atoms with Crippen molar-refractivity contribution in [2.75, 3.05) is 4.90 Å². The van der Waals surface area contributed by atoms with Crippen molar-refractivity contribution in [1.82, 2.24) is 4.57 Å². The van der Waals surface area contributed by atoms with Gasteiger partial charge in [-0.05, 0) is 229 Å². The average molecular weight is 1700 g/mol. The van der Waals surface area contributed by atoms with Crippen molar-refractivity contribution < 1.29 is 9.59 Å².